The predicted molar refractivity (Wildman–Crippen MR) is 68.1 cm³/mol. The summed E-state index contributed by atoms with van der Waals surface area (Å²) in [5, 5.41) is 0. The monoisotopic (exact) mass is 251 g/mol. The molecule has 2 heterocycles. The number of nitrogen functional groups attached to an aromatic ring is 1. The van der Waals surface area contributed by atoms with Gasteiger partial charge in [0.25, 0.3) is 5.56 Å². The van der Waals surface area contributed by atoms with Crippen molar-refractivity contribution in [1.29, 1.82) is 0 Å². The zero-order chi connectivity index (χ0) is 13.3. The molecule has 0 aromatic carbocycles. The number of aromatic nitrogens is 4. The van der Waals surface area contributed by atoms with Crippen molar-refractivity contribution >= 4 is 17.1 Å². The Morgan fingerprint density at radius 1 is 1.56 bits per heavy atom. The van der Waals surface area contributed by atoms with Crippen molar-refractivity contribution in [1.82, 2.24) is 19.5 Å². The molecule has 0 saturated heterocycles. The molecule has 7 nitrogen and oxygen atoms in total. The molecule has 0 spiro atoms. The molecule has 3 N–H and O–H groups in total. The number of nitrogens with two attached hydrogens (primary N) is 1. The summed E-state index contributed by atoms with van der Waals surface area (Å²) in [7, 11) is 0. The van der Waals surface area contributed by atoms with Crippen LogP contribution in [0.25, 0.3) is 11.2 Å². The third kappa shape index (κ3) is 2.21. The number of rotatable bonds is 4. The zero-order valence-corrected chi connectivity index (χ0v) is 10.7. The van der Waals surface area contributed by atoms with Gasteiger partial charge in [0.05, 0.1) is 12.4 Å². The van der Waals surface area contributed by atoms with Crippen molar-refractivity contribution in [3.05, 3.63) is 16.7 Å². The van der Waals surface area contributed by atoms with E-state index in [4.69, 9.17) is 10.5 Å². The molecule has 2 aromatic heterocycles. The molecule has 0 aliphatic heterocycles. The van der Waals surface area contributed by atoms with E-state index in [1.54, 1.807) is 10.9 Å². The number of fused-ring (bicyclic) bond motifs is 1. The lowest BCUT2D eigenvalue weighted by Gasteiger charge is -2.20. The summed E-state index contributed by atoms with van der Waals surface area (Å²) in [6.45, 7) is 5.90. The largest absolute Gasteiger partial charge is 0.369 e. The predicted octanol–water partition coefficient (Wildman–Crippen LogP) is 1.04. The number of imidazole rings is 1. The van der Waals surface area contributed by atoms with E-state index in [0.29, 0.717) is 5.65 Å². The van der Waals surface area contributed by atoms with Crippen molar-refractivity contribution in [2.75, 3.05) is 5.73 Å². The first-order valence-electron chi connectivity index (χ1n) is 5.90. The summed E-state index contributed by atoms with van der Waals surface area (Å²) in [4.78, 5) is 22.2. The molecule has 0 fully saturated rings. The molecule has 0 saturated carbocycles. The molecule has 1 atom stereocenters. The van der Waals surface area contributed by atoms with E-state index >= 15 is 0 Å². The minimum atomic E-state index is -0.337. The van der Waals surface area contributed by atoms with Crippen LogP contribution in [0, 0.1) is 0 Å². The van der Waals surface area contributed by atoms with E-state index < -0.39 is 0 Å². The maximum absolute atomic E-state index is 11.7. The zero-order valence-electron chi connectivity index (χ0n) is 10.7. The Hall–Kier alpha value is -1.89. The molecule has 0 bridgehead atoms. The van der Waals surface area contributed by atoms with E-state index in [1.807, 2.05) is 20.8 Å². The van der Waals surface area contributed by atoms with Gasteiger partial charge < -0.3 is 10.5 Å². The van der Waals surface area contributed by atoms with Gasteiger partial charge in [0.2, 0.25) is 5.95 Å². The van der Waals surface area contributed by atoms with Gasteiger partial charge in [-0.05, 0) is 20.3 Å². The maximum Gasteiger partial charge on any atom is 0.280 e. The van der Waals surface area contributed by atoms with Crippen LogP contribution in [0.4, 0.5) is 5.95 Å². The summed E-state index contributed by atoms with van der Waals surface area (Å²) < 4.78 is 7.50. The number of nitrogens with zero attached hydrogens (tertiary/aromatic N) is 3. The first kappa shape index (κ1) is 12.6. The summed E-state index contributed by atoms with van der Waals surface area (Å²) in [6.07, 6.45) is 2.18. The highest BCUT2D eigenvalue weighted by Gasteiger charge is 2.17. The van der Waals surface area contributed by atoms with E-state index in [9.17, 15) is 4.79 Å². The Labute approximate surface area is 104 Å². The van der Waals surface area contributed by atoms with Crippen LogP contribution in [0.1, 0.15) is 33.4 Å². The number of hydrogen-bond acceptors (Lipinski definition) is 5. The molecular formula is C11H17N5O2. The Balaban J connectivity index is 2.54. The number of ether oxygens (including phenoxy) is 1. The molecule has 0 unspecified atom stereocenters. The van der Waals surface area contributed by atoms with Crippen molar-refractivity contribution in [2.45, 2.75) is 39.5 Å². The van der Waals surface area contributed by atoms with Gasteiger partial charge in [-0.3, -0.25) is 14.3 Å². The van der Waals surface area contributed by atoms with Crippen molar-refractivity contribution in [3.63, 3.8) is 0 Å². The van der Waals surface area contributed by atoms with Gasteiger partial charge in [0.1, 0.15) is 6.23 Å². The molecule has 2 aromatic rings. The van der Waals surface area contributed by atoms with Gasteiger partial charge in [-0.15, -0.1) is 0 Å². The van der Waals surface area contributed by atoms with E-state index in [2.05, 4.69) is 15.0 Å². The fourth-order valence-electron chi connectivity index (χ4n) is 1.83. The fourth-order valence-corrected chi connectivity index (χ4v) is 1.83. The molecule has 0 aliphatic rings. The Kier molecular flexibility index (Phi) is 3.33. The fraction of sp³-hybridized carbons (Fsp3) is 0.545. The minimum absolute atomic E-state index is 0.0757. The lowest BCUT2D eigenvalue weighted by atomic mass is 10.4. The minimum Gasteiger partial charge on any atom is -0.369 e. The van der Waals surface area contributed by atoms with Crippen LogP contribution in [0.3, 0.4) is 0 Å². The summed E-state index contributed by atoms with van der Waals surface area (Å²) >= 11 is 0. The van der Waals surface area contributed by atoms with Crippen LogP contribution in [0.2, 0.25) is 0 Å². The molecule has 18 heavy (non-hydrogen) atoms. The number of nitrogens with one attached hydrogen (secondary N) is 1. The number of aromatic amines is 1. The highest BCUT2D eigenvalue weighted by molar-refractivity contribution is 5.70. The molecule has 98 valence electrons. The number of hydrogen-bond donors (Lipinski definition) is 2. The van der Waals surface area contributed by atoms with Crippen LogP contribution in [-0.4, -0.2) is 25.6 Å². The van der Waals surface area contributed by atoms with Gasteiger partial charge in [-0.1, -0.05) is 6.92 Å². The summed E-state index contributed by atoms with van der Waals surface area (Å²) in [5.74, 6) is 0.0775. The summed E-state index contributed by atoms with van der Waals surface area (Å²) in [6, 6.07) is 0. The Bertz CT molecular complexity index is 601. The van der Waals surface area contributed by atoms with Crippen LogP contribution in [-0.2, 0) is 4.74 Å². The first-order valence-corrected chi connectivity index (χ1v) is 5.90. The highest BCUT2D eigenvalue weighted by Crippen LogP contribution is 2.19. The standard InChI is InChI=1S/C11H17N5O2/c1-4-7(18-6(2)3)16-5-13-8-9(16)14-11(12)15-10(8)17/h5-7H,4H2,1-3H3,(H3,12,14,15,17)/t7-/m0/s1. The summed E-state index contributed by atoms with van der Waals surface area (Å²) in [5.41, 5.74) is 5.93. The maximum atomic E-state index is 11.7. The number of anilines is 1. The lowest BCUT2D eigenvalue weighted by molar-refractivity contribution is -0.0371. The molecule has 0 amide bonds. The average Bonchev–Trinajstić information content (AvgIpc) is 2.69. The topological polar surface area (TPSA) is 98.8 Å². The van der Waals surface area contributed by atoms with Gasteiger partial charge in [0.15, 0.2) is 11.2 Å². The molecule has 0 radical (unpaired) electrons. The van der Waals surface area contributed by atoms with E-state index in [0.717, 1.165) is 6.42 Å². The smallest absolute Gasteiger partial charge is 0.280 e. The second-order valence-electron chi connectivity index (χ2n) is 4.32. The molecule has 7 heteroatoms. The van der Waals surface area contributed by atoms with Gasteiger partial charge in [-0.2, -0.15) is 4.98 Å². The van der Waals surface area contributed by atoms with Crippen LogP contribution in [0.5, 0.6) is 0 Å². The average molecular weight is 251 g/mol. The first-order chi connectivity index (χ1) is 8.52. The highest BCUT2D eigenvalue weighted by atomic mass is 16.5. The molecular weight excluding hydrogens is 234 g/mol. The van der Waals surface area contributed by atoms with Crippen LogP contribution in [0.15, 0.2) is 11.1 Å². The third-order valence-corrected chi connectivity index (χ3v) is 2.54. The Morgan fingerprint density at radius 3 is 2.89 bits per heavy atom. The van der Waals surface area contributed by atoms with Gasteiger partial charge in [-0.25, -0.2) is 4.98 Å². The molecule has 2 rings (SSSR count). The Morgan fingerprint density at radius 2 is 2.28 bits per heavy atom. The van der Waals surface area contributed by atoms with E-state index in [1.165, 1.54) is 0 Å². The van der Waals surface area contributed by atoms with E-state index in [-0.39, 0.29) is 29.4 Å². The lowest BCUT2D eigenvalue weighted by Crippen LogP contribution is -2.18. The number of H-pyrrole nitrogens is 1. The third-order valence-electron chi connectivity index (χ3n) is 2.54. The van der Waals surface area contributed by atoms with Crippen molar-refractivity contribution in [3.8, 4) is 0 Å². The van der Waals surface area contributed by atoms with Crippen molar-refractivity contribution < 1.29 is 4.74 Å². The van der Waals surface area contributed by atoms with Gasteiger partial charge in [0, 0.05) is 0 Å². The second kappa shape index (κ2) is 4.77. The second-order valence-corrected chi connectivity index (χ2v) is 4.32. The normalized spacial score (nSPS) is 13.3. The van der Waals surface area contributed by atoms with Gasteiger partial charge >= 0.3 is 0 Å². The van der Waals surface area contributed by atoms with Crippen LogP contribution >= 0.6 is 0 Å². The SMILES string of the molecule is CC[C@H](OC(C)C)n1cnc2c(=O)[nH]c(N)nc21. The molecule has 0 aliphatic carbocycles. The quantitative estimate of drug-likeness (QED) is 0.845. The van der Waals surface area contributed by atoms with Crippen molar-refractivity contribution in [2.24, 2.45) is 0 Å². The van der Waals surface area contributed by atoms with Crippen LogP contribution < -0.4 is 11.3 Å².